The molecule has 1 aromatic heterocycles. The Kier molecular flexibility index (Phi) is 5.81. The van der Waals surface area contributed by atoms with Crippen LogP contribution in [0.15, 0.2) is 0 Å². The molecule has 0 aliphatic carbocycles. The van der Waals surface area contributed by atoms with Gasteiger partial charge in [-0.3, -0.25) is 0 Å². The predicted octanol–water partition coefficient (Wildman–Crippen LogP) is 2.81. The molecule has 1 saturated heterocycles. The fraction of sp³-hybridized carbons (Fsp3) is 0.800. The second-order valence-corrected chi connectivity index (χ2v) is 7.05. The van der Waals surface area contributed by atoms with Crippen LogP contribution in [0.1, 0.15) is 37.3 Å². The molecule has 0 aromatic carbocycles. The van der Waals surface area contributed by atoms with Gasteiger partial charge in [0.1, 0.15) is 0 Å². The van der Waals surface area contributed by atoms with Gasteiger partial charge in [0.25, 0.3) is 0 Å². The quantitative estimate of drug-likeness (QED) is 0.876. The number of hydrogen-bond acceptors (Lipinski definition) is 5. The molecule has 1 aliphatic heterocycles. The van der Waals surface area contributed by atoms with Crippen LogP contribution in [0.25, 0.3) is 0 Å². The highest BCUT2D eigenvalue weighted by Gasteiger charge is 2.21. The number of hydrogen-bond donors (Lipinski definition) is 1. The molecule has 1 aliphatic rings. The van der Waals surface area contributed by atoms with Gasteiger partial charge in [0.15, 0.2) is 5.13 Å². The topological polar surface area (TPSA) is 37.4 Å². The molecule has 0 atom stereocenters. The minimum absolute atomic E-state index is 0.575. The normalized spacial score (nSPS) is 16.9. The summed E-state index contributed by atoms with van der Waals surface area (Å²) in [6, 6.07) is 0.575. The summed E-state index contributed by atoms with van der Waals surface area (Å²) in [6.07, 6.45) is 2.21. The van der Waals surface area contributed by atoms with Gasteiger partial charge in [0, 0.05) is 37.7 Å². The Labute approximate surface area is 126 Å². The summed E-state index contributed by atoms with van der Waals surface area (Å²) in [5.41, 5.74) is 1.17. The first-order valence-electron chi connectivity index (χ1n) is 7.55. The number of ether oxygens (including phenoxy) is 1. The average molecular weight is 297 g/mol. The van der Waals surface area contributed by atoms with Crippen LogP contribution >= 0.6 is 11.3 Å². The van der Waals surface area contributed by atoms with Crippen molar-refractivity contribution in [1.29, 1.82) is 0 Å². The lowest BCUT2D eigenvalue weighted by Crippen LogP contribution is -2.36. The molecule has 4 nitrogen and oxygen atoms in total. The zero-order valence-corrected chi connectivity index (χ0v) is 13.9. The zero-order chi connectivity index (χ0) is 14.5. The van der Waals surface area contributed by atoms with Crippen molar-refractivity contribution in [1.82, 2.24) is 10.3 Å². The maximum absolute atomic E-state index is 5.44. The average Bonchev–Trinajstić information content (AvgIpc) is 2.80. The third-order valence-corrected chi connectivity index (χ3v) is 5.01. The number of nitrogens with zero attached hydrogens (tertiary/aromatic N) is 2. The fourth-order valence-electron chi connectivity index (χ4n) is 2.43. The first kappa shape index (κ1) is 15.7. The Balaban J connectivity index is 1.94. The summed E-state index contributed by atoms with van der Waals surface area (Å²) in [5.74, 6) is 0.688. The van der Waals surface area contributed by atoms with Gasteiger partial charge in [0.05, 0.1) is 5.69 Å². The van der Waals surface area contributed by atoms with E-state index in [4.69, 9.17) is 9.72 Å². The Morgan fingerprint density at radius 2 is 2.10 bits per heavy atom. The molecule has 2 rings (SSSR count). The van der Waals surface area contributed by atoms with E-state index in [1.165, 1.54) is 10.6 Å². The van der Waals surface area contributed by atoms with Crippen LogP contribution in [0, 0.1) is 12.8 Å². The van der Waals surface area contributed by atoms with Crippen molar-refractivity contribution in [3.63, 3.8) is 0 Å². The number of nitrogens with one attached hydrogen (secondary N) is 1. The molecule has 20 heavy (non-hydrogen) atoms. The van der Waals surface area contributed by atoms with E-state index in [0.29, 0.717) is 12.0 Å². The van der Waals surface area contributed by atoms with E-state index in [2.05, 4.69) is 38.0 Å². The maximum atomic E-state index is 5.44. The predicted molar refractivity (Wildman–Crippen MR) is 85.6 cm³/mol. The highest BCUT2D eigenvalue weighted by molar-refractivity contribution is 7.15. The Morgan fingerprint density at radius 3 is 2.75 bits per heavy atom. The number of aromatic nitrogens is 1. The largest absolute Gasteiger partial charge is 0.381 e. The minimum Gasteiger partial charge on any atom is -0.381 e. The lowest BCUT2D eigenvalue weighted by Gasteiger charge is -2.30. The molecule has 1 N–H and O–H groups in total. The molecular weight excluding hydrogens is 270 g/mol. The van der Waals surface area contributed by atoms with Gasteiger partial charge in [0.2, 0.25) is 0 Å². The lowest BCUT2D eigenvalue weighted by molar-refractivity contribution is 0.0855. The zero-order valence-electron chi connectivity index (χ0n) is 13.1. The van der Waals surface area contributed by atoms with Crippen LogP contribution in [0.4, 0.5) is 5.13 Å². The van der Waals surface area contributed by atoms with Crippen LogP contribution in [0.3, 0.4) is 0 Å². The molecular formula is C15H27N3OS. The van der Waals surface area contributed by atoms with Crippen molar-refractivity contribution in [2.75, 3.05) is 31.7 Å². The maximum Gasteiger partial charge on any atom is 0.185 e. The van der Waals surface area contributed by atoms with Gasteiger partial charge in [-0.2, -0.15) is 0 Å². The molecule has 0 amide bonds. The van der Waals surface area contributed by atoms with Crippen molar-refractivity contribution in [3.8, 4) is 0 Å². The van der Waals surface area contributed by atoms with E-state index in [-0.39, 0.29) is 0 Å². The summed E-state index contributed by atoms with van der Waals surface area (Å²) in [7, 11) is 2.17. The third kappa shape index (κ3) is 4.17. The third-order valence-electron chi connectivity index (χ3n) is 3.76. The van der Waals surface area contributed by atoms with Crippen molar-refractivity contribution >= 4 is 16.5 Å². The molecule has 0 radical (unpaired) electrons. The Hall–Kier alpha value is -0.650. The van der Waals surface area contributed by atoms with Crippen molar-refractivity contribution in [2.45, 2.75) is 46.2 Å². The van der Waals surface area contributed by atoms with Crippen molar-refractivity contribution < 1.29 is 4.74 Å². The molecule has 2 heterocycles. The molecule has 1 fully saturated rings. The van der Waals surface area contributed by atoms with Crippen LogP contribution in [-0.2, 0) is 11.3 Å². The number of aryl methyl sites for hydroxylation is 1. The van der Waals surface area contributed by atoms with Crippen LogP contribution in [0.5, 0.6) is 0 Å². The number of anilines is 1. The van der Waals surface area contributed by atoms with Gasteiger partial charge in [-0.25, -0.2) is 4.98 Å². The van der Waals surface area contributed by atoms with Crippen LogP contribution in [0.2, 0.25) is 0 Å². The molecule has 5 heteroatoms. The van der Waals surface area contributed by atoms with Gasteiger partial charge in [-0.1, -0.05) is 13.8 Å². The summed E-state index contributed by atoms with van der Waals surface area (Å²) in [5, 5.41) is 4.65. The molecule has 0 spiro atoms. The van der Waals surface area contributed by atoms with E-state index in [1.807, 2.05) is 11.3 Å². The van der Waals surface area contributed by atoms with E-state index in [1.54, 1.807) is 0 Å². The van der Waals surface area contributed by atoms with Gasteiger partial charge in [-0.05, 0) is 32.2 Å². The SMILES string of the molecule is Cc1nc(N(C)C2CCOCC2)sc1CNCC(C)C. The van der Waals surface area contributed by atoms with Gasteiger partial charge in [-0.15, -0.1) is 11.3 Å². The molecule has 1 aromatic rings. The second-order valence-electron chi connectivity index (χ2n) is 5.98. The van der Waals surface area contributed by atoms with Crippen molar-refractivity contribution in [2.24, 2.45) is 5.92 Å². The Bertz CT molecular complexity index is 413. The van der Waals surface area contributed by atoms with E-state index < -0.39 is 0 Å². The first-order chi connectivity index (χ1) is 9.58. The highest BCUT2D eigenvalue weighted by atomic mass is 32.1. The number of thiazole rings is 1. The summed E-state index contributed by atoms with van der Waals surface area (Å²) >= 11 is 1.82. The smallest absolute Gasteiger partial charge is 0.185 e. The second kappa shape index (κ2) is 7.38. The minimum atomic E-state index is 0.575. The van der Waals surface area contributed by atoms with Gasteiger partial charge < -0.3 is 15.0 Å². The van der Waals surface area contributed by atoms with Crippen LogP contribution < -0.4 is 10.2 Å². The summed E-state index contributed by atoms with van der Waals surface area (Å²) < 4.78 is 5.44. The molecule has 114 valence electrons. The Morgan fingerprint density at radius 1 is 1.40 bits per heavy atom. The summed E-state index contributed by atoms with van der Waals surface area (Å²) in [6.45, 7) is 10.3. The first-order valence-corrected chi connectivity index (χ1v) is 8.37. The van der Waals surface area contributed by atoms with E-state index in [0.717, 1.165) is 44.3 Å². The van der Waals surface area contributed by atoms with Gasteiger partial charge >= 0.3 is 0 Å². The summed E-state index contributed by atoms with van der Waals surface area (Å²) in [4.78, 5) is 8.45. The van der Waals surface area contributed by atoms with E-state index in [9.17, 15) is 0 Å². The molecule has 0 unspecified atom stereocenters. The lowest BCUT2D eigenvalue weighted by atomic mass is 10.1. The van der Waals surface area contributed by atoms with Crippen LogP contribution in [-0.4, -0.2) is 37.8 Å². The standard InChI is InChI=1S/C15H27N3OS/c1-11(2)9-16-10-14-12(3)17-15(20-14)18(4)13-5-7-19-8-6-13/h11,13,16H,5-10H2,1-4H3. The van der Waals surface area contributed by atoms with E-state index >= 15 is 0 Å². The number of rotatable bonds is 6. The molecule has 0 bridgehead atoms. The fourth-order valence-corrected chi connectivity index (χ4v) is 3.49. The molecule has 0 saturated carbocycles. The monoisotopic (exact) mass is 297 g/mol. The highest BCUT2D eigenvalue weighted by Crippen LogP contribution is 2.28. The van der Waals surface area contributed by atoms with Crippen molar-refractivity contribution in [3.05, 3.63) is 10.6 Å².